The number of oxazole rings is 2. The number of nitrogens with zero attached hydrogens (tertiary/aromatic N) is 1. The second-order valence-electron chi connectivity index (χ2n) is 2.88. The number of hydrogen-bond donors (Lipinski definition) is 2. The molecule has 0 aliphatic heterocycles. The summed E-state index contributed by atoms with van der Waals surface area (Å²) >= 11 is 4.85. The van der Waals surface area contributed by atoms with Crippen LogP contribution in [0.1, 0.15) is 0 Å². The summed E-state index contributed by atoms with van der Waals surface area (Å²) < 4.78 is 10.4. The van der Waals surface area contributed by atoms with E-state index in [1.807, 2.05) is 0 Å². The van der Waals surface area contributed by atoms with Crippen LogP contribution in [-0.2, 0) is 0 Å². The molecule has 1 aromatic carbocycles. The lowest BCUT2D eigenvalue weighted by atomic mass is 10.3. The Morgan fingerprint density at radius 1 is 1.29 bits per heavy atom. The minimum absolute atomic E-state index is 0.145. The van der Waals surface area contributed by atoms with E-state index in [4.69, 9.17) is 26.8 Å². The normalized spacial score (nSPS) is 11.4. The lowest BCUT2D eigenvalue weighted by Gasteiger charge is -1.85. The van der Waals surface area contributed by atoms with Crippen LogP contribution in [0.4, 0.5) is 6.01 Å². The maximum absolute atomic E-state index is 5.41. The highest BCUT2D eigenvalue weighted by Crippen LogP contribution is 2.23. The minimum Gasteiger partial charge on any atom is -0.429 e. The highest BCUT2D eigenvalue weighted by atomic mass is 32.1. The van der Waals surface area contributed by atoms with Crippen molar-refractivity contribution in [3.63, 3.8) is 0 Å². The predicted octanol–water partition coefficient (Wildman–Crippen LogP) is 2.21. The largest absolute Gasteiger partial charge is 0.429 e. The quantitative estimate of drug-likeness (QED) is 0.552. The van der Waals surface area contributed by atoms with Crippen molar-refractivity contribution in [1.82, 2.24) is 9.97 Å². The fourth-order valence-electron chi connectivity index (χ4n) is 1.39. The third-order valence-electron chi connectivity index (χ3n) is 1.95. The zero-order valence-corrected chi connectivity index (χ0v) is 7.72. The van der Waals surface area contributed by atoms with Gasteiger partial charge in [0.25, 0.3) is 10.9 Å². The second kappa shape index (κ2) is 2.36. The van der Waals surface area contributed by atoms with Crippen molar-refractivity contribution in [3.05, 3.63) is 17.0 Å². The third kappa shape index (κ3) is 0.942. The Bertz CT molecular complexity index is 625. The first-order chi connectivity index (χ1) is 6.72. The van der Waals surface area contributed by atoms with Gasteiger partial charge in [-0.3, -0.25) is 0 Å². The van der Waals surface area contributed by atoms with E-state index < -0.39 is 0 Å². The summed E-state index contributed by atoms with van der Waals surface area (Å²) in [6.07, 6.45) is 0. The van der Waals surface area contributed by atoms with E-state index >= 15 is 0 Å². The summed E-state index contributed by atoms with van der Waals surface area (Å²) in [4.78, 5) is 7.19. The number of anilines is 1. The molecule has 0 atom stereocenters. The maximum Gasteiger partial charge on any atom is 0.292 e. The molecule has 14 heavy (non-hydrogen) atoms. The van der Waals surface area contributed by atoms with Gasteiger partial charge in [0.15, 0.2) is 11.2 Å². The molecule has 0 saturated heterocycles. The van der Waals surface area contributed by atoms with E-state index in [0.717, 1.165) is 5.52 Å². The predicted molar refractivity (Wildman–Crippen MR) is 53.4 cm³/mol. The van der Waals surface area contributed by atoms with E-state index in [9.17, 15) is 0 Å². The number of nitrogens with two attached hydrogens (primary N) is 1. The molecular weight excluding hydrogens is 202 g/mol. The number of aromatic nitrogens is 2. The summed E-state index contributed by atoms with van der Waals surface area (Å²) in [7, 11) is 0. The lowest BCUT2D eigenvalue weighted by Crippen LogP contribution is -1.80. The number of aromatic amines is 1. The zero-order valence-electron chi connectivity index (χ0n) is 6.90. The van der Waals surface area contributed by atoms with Crippen LogP contribution >= 0.6 is 12.2 Å². The summed E-state index contributed by atoms with van der Waals surface area (Å²) in [5.74, 6) is 0. The summed E-state index contributed by atoms with van der Waals surface area (Å²) in [5.41, 5.74) is 8.11. The Kier molecular flexibility index (Phi) is 1.27. The monoisotopic (exact) mass is 207 g/mol. The van der Waals surface area contributed by atoms with E-state index in [0.29, 0.717) is 21.5 Å². The fourth-order valence-corrected chi connectivity index (χ4v) is 1.59. The van der Waals surface area contributed by atoms with Crippen molar-refractivity contribution in [3.8, 4) is 0 Å². The van der Waals surface area contributed by atoms with Gasteiger partial charge in [-0.15, -0.1) is 0 Å². The Labute approximate surface area is 82.5 Å². The van der Waals surface area contributed by atoms with Gasteiger partial charge in [-0.2, -0.15) is 4.98 Å². The molecule has 6 heteroatoms. The first kappa shape index (κ1) is 7.57. The van der Waals surface area contributed by atoms with Crippen molar-refractivity contribution in [1.29, 1.82) is 0 Å². The molecule has 3 aromatic rings. The molecule has 5 nitrogen and oxygen atoms in total. The molecule has 0 spiro atoms. The van der Waals surface area contributed by atoms with Crippen molar-refractivity contribution in [2.75, 3.05) is 5.73 Å². The molecule has 0 radical (unpaired) electrons. The number of benzene rings is 1. The van der Waals surface area contributed by atoms with Gasteiger partial charge in [-0.05, 0) is 12.2 Å². The van der Waals surface area contributed by atoms with E-state index in [2.05, 4.69) is 9.97 Å². The van der Waals surface area contributed by atoms with Crippen LogP contribution in [0.5, 0.6) is 0 Å². The summed E-state index contributed by atoms with van der Waals surface area (Å²) in [6.45, 7) is 0. The minimum atomic E-state index is 0.145. The molecule has 0 fully saturated rings. The number of nitrogens with one attached hydrogen (secondary N) is 1. The second-order valence-corrected chi connectivity index (χ2v) is 3.25. The van der Waals surface area contributed by atoms with Crippen molar-refractivity contribution in [2.24, 2.45) is 0 Å². The SMILES string of the molecule is Nc1nc2cc3oc(=S)[nH]c3cc2o1. The van der Waals surface area contributed by atoms with Crippen LogP contribution in [0, 0.1) is 4.84 Å². The first-order valence-corrected chi connectivity index (χ1v) is 4.32. The number of hydrogen-bond acceptors (Lipinski definition) is 5. The third-order valence-corrected chi connectivity index (χ3v) is 2.13. The highest BCUT2D eigenvalue weighted by molar-refractivity contribution is 7.71. The van der Waals surface area contributed by atoms with Crippen LogP contribution in [-0.4, -0.2) is 9.97 Å². The van der Waals surface area contributed by atoms with Gasteiger partial charge in [-0.1, -0.05) is 0 Å². The van der Waals surface area contributed by atoms with Gasteiger partial charge < -0.3 is 19.6 Å². The number of fused-ring (bicyclic) bond motifs is 2. The van der Waals surface area contributed by atoms with Crippen LogP contribution < -0.4 is 5.73 Å². The van der Waals surface area contributed by atoms with Crippen LogP contribution in [0.2, 0.25) is 0 Å². The number of rotatable bonds is 0. The molecule has 0 bridgehead atoms. The molecule has 0 unspecified atom stereocenters. The zero-order chi connectivity index (χ0) is 9.71. The van der Waals surface area contributed by atoms with Gasteiger partial charge in [0.05, 0.1) is 5.52 Å². The fraction of sp³-hybridized carbons (Fsp3) is 0. The van der Waals surface area contributed by atoms with Gasteiger partial charge >= 0.3 is 0 Å². The molecule has 3 N–H and O–H groups in total. The van der Waals surface area contributed by atoms with Crippen LogP contribution in [0.15, 0.2) is 21.0 Å². The van der Waals surface area contributed by atoms with E-state index in [1.165, 1.54) is 0 Å². The molecule has 0 amide bonds. The van der Waals surface area contributed by atoms with Crippen molar-refractivity contribution >= 4 is 40.4 Å². The Morgan fingerprint density at radius 3 is 3.00 bits per heavy atom. The topological polar surface area (TPSA) is 81.0 Å². The Balaban J connectivity index is 2.55. The first-order valence-electron chi connectivity index (χ1n) is 3.91. The van der Waals surface area contributed by atoms with Crippen LogP contribution in [0.3, 0.4) is 0 Å². The Hall–Kier alpha value is -1.82. The van der Waals surface area contributed by atoms with E-state index in [-0.39, 0.29) is 6.01 Å². The average Bonchev–Trinajstić information content (AvgIpc) is 2.59. The lowest BCUT2D eigenvalue weighted by molar-refractivity contribution is 0.583. The molecule has 70 valence electrons. The number of nitrogen functional groups attached to an aromatic ring is 1. The standard InChI is InChI=1S/C8H5N3O2S/c9-7-10-3-1-6-4(2-5(3)12-7)11-8(14)13-6/h1-2H,(H2,9,10)(H,11,14). The van der Waals surface area contributed by atoms with Gasteiger partial charge in [0, 0.05) is 12.1 Å². The molecule has 2 heterocycles. The van der Waals surface area contributed by atoms with Crippen LogP contribution in [0.25, 0.3) is 22.2 Å². The highest BCUT2D eigenvalue weighted by Gasteiger charge is 2.07. The van der Waals surface area contributed by atoms with Gasteiger partial charge in [-0.25, -0.2) is 0 Å². The molecule has 0 aliphatic carbocycles. The number of H-pyrrole nitrogens is 1. The summed E-state index contributed by atoms with van der Waals surface area (Å²) in [5, 5.41) is 0. The molecule has 0 aliphatic rings. The van der Waals surface area contributed by atoms with Crippen molar-refractivity contribution in [2.45, 2.75) is 0 Å². The van der Waals surface area contributed by atoms with E-state index in [1.54, 1.807) is 12.1 Å². The molecule has 2 aromatic heterocycles. The van der Waals surface area contributed by atoms with Gasteiger partial charge in [0.1, 0.15) is 5.52 Å². The smallest absolute Gasteiger partial charge is 0.292 e. The molecule has 3 rings (SSSR count). The Morgan fingerprint density at radius 2 is 2.14 bits per heavy atom. The average molecular weight is 207 g/mol. The van der Waals surface area contributed by atoms with Crippen molar-refractivity contribution < 1.29 is 8.83 Å². The molecular formula is C8H5N3O2S. The van der Waals surface area contributed by atoms with Gasteiger partial charge in [0.2, 0.25) is 0 Å². The maximum atomic E-state index is 5.41. The molecule has 0 saturated carbocycles. The summed E-state index contributed by atoms with van der Waals surface area (Å²) in [6, 6.07) is 3.63.